The number of rotatable bonds is 10. The quantitative estimate of drug-likeness (QED) is 0.563. The van der Waals surface area contributed by atoms with Crippen molar-refractivity contribution in [2.24, 2.45) is 5.92 Å². The van der Waals surface area contributed by atoms with E-state index in [1.54, 1.807) is 0 Å². The van der Waals surface area contributed by atoms with Crippen molar-refractivity contribution in [2.75, 3.05) is 33.2 Å². The smallest absolute Gasteiger partial charge is 0.0104 e. The lowest BCUT2D eigenvalue weighted by Gasteiger charge is -2.17. The summed E-state index contributed by atoms with van der Waals surface area (Å²) in [7, 11) is 2.23. The highest BCUT2D eigenvalue weighted by atomic mass is 15.1. The van der Waals surface area contributed by atoms with Crippen molar-refractivity contribution in [3.05, 3.63) is 0 Å². The van der Waals surface area contributed by atoms with Crippen molar-refractivity contribution in [3.63, 3.8) is 0 Å². The van der Waals surface area contributed by atoms with Crippen LogP contribution in [0.2, 0.25) is 0 Å². The van der Waals surface area contributed by atoms with Gasteiger partial charge in [0.1, 0.15) is 0 Å². The van der Waals surface area contributed by atoms with Gasteiger partial charge in [0.15, 0.2) is 0 Å². The maximum Gasteiger partial charge on any atom is 0.0104 e. The summed E-state index contributed by atoms with van der Waals surface area (Å²) in [5.74, 6) is 0.764. The average molecular weight is 214 g/mol. The van der Waals surface area contributed by atoms with E-state index in [0.29, 0.717) is 0 Å². The summed E-state index contributed by atoms with van der Waals surface area (Å²) in [4.78, 5) is 2.43. The maximum absolute atomic E-state index is 3.48. The van der Waals surface area contributed by atoms with Crippen LogP contribution in [0.1, 0.15) is 46.5 Å². The van der Waals surface area contributed by atoms with Gasteiger partial charge < -0.3 is 10.2 Å². The normalized spacial score (nSPS) is 11.6. The van der Waals surface area contributed by atoms with E-state index in [9.17, 15) is 0 Å². The molecule has 0 aromatic rings. The number of hydrogen-bond acceptors (Lipinski definition) is 2. The second-order valence-electron chi connectivity index (χ2n) is 4.96. The molecule has 0 aliphatic heterocycles. The molecule has 1 N–H and O–H groups in total. The van der Waals surface area contributed by atoms with Gasteiger partial charge in [-0.2, -0.15) is 0 Å². The monoisotopic (exact) mass is 214 g/mol. The Morgan fingerprint density at radius 3 is 2.40 bits per heavy atom. The molecule has 0 aromatic heterocycles. The van der Waals surface area contributed by atoms with Gasteiger partial charge in [-0.15, -0.1) is 0 Å². The Balaban J connectivity index is 3.15. The molecule has 0 aliphatic rings. The fourth-order valence-corrected chi connectivity index (χ4v) is 1.58. The van der Waals surface area contributed by atoms with E-state index in [0.717, 1.165) is 19.0 Å². The van der Waals surface area contributed by atoms with Crippen LogP contribution in [0, 0.1) is 5.92 Å². The van der Waals surface area contributed by atoms with Crippen molar-refractivity contribution in [1.82, 2.24) is 10.2 Å². The number of hydrogen-bond donors (Lipinski definition) is 1. The van der Waals surface area contributed by atoms with Crippen LogP contribution in [0.4, 0.5) is 0 Å². The molecule has 0 amide bonds. The SMILES string of the molecule is CCCCCCN(C)CCNCC(C)C. The van der Waals surface area contributed by atoms with Crippen molar-refractivity contribution >= 4 is 0 Å². The van der Waals surface area contributed by atoms with E-state index in [1.807, 2.05) is 0 Å². The summed E-state index contributed by atoms with van der Waals surface area (Å²) < 4.78 is 0. The molecule has 0 fully saturated rings. The molecule has 0 radical (unpaired) electrons. The molecule has 0 spiro atoms. The minimum absolute atomic E-state index is 0.764. The van der Waals surface area contributed by atoms with Crippen LogP contribution in [0.25, 0.3) is 0 Å². The Bertz CT molecular complexity index is 124. The molecule has 0 aliphatic carbocycles. The maximum atomic E-state index is 3.48. The number of nitrogens with zero attached hydrogens (tertiary/aromatic N) is 1. The molecular formula is C13H30N2. The van der Waals surface area contributed by atoms with Gasteiger partial charge in [-0.3, -0.25) is 0 Å². The fraction of sp³-hybridized carbons (Fsp3) is 1.00. The molecule has 2 heteroatoms. The van der Waals surface area contributed by atoms with Crippen LogP contribution in [-0.4, -0.2) is 38.1 Å². The van der Waals surface area contributed by atoms with Gasteiger partial charge in [0, 0.05) is 13.1 Å². The predicted octanol–water partition coefficient (Wildman–Crippen LogP) is 2.74. The molecule has 2 nitrogen and oxygen atoms in total. The van der Waals surface area contributed by atoms with E-state index >= 15 is 0 Å². The molecule has 0 rings (SSSR count). The van der Waals surface area contributed by atoms with Crippen molar-refractivity contribution in [2.45, 2.75) is 46.5 Å². The van der Waals surface area contributed by atoms with Crippen LogP contribution in [-0.2, 0) is 0 Å². The third kappa shape index (κ3) is 11.8. The van der Waals surface area contributed by atoms with Crippen LogP contribution in [0.5, 0.6) is 0 Å². The zero-order valence-electron chi connectivity index (χ0n) is 11.2. The molecule has 0 aromatic carbocycles. The first-order valence-corrected chi connectivity index (χ1v) is 6.56. The van der Waals surface area contributed by atoms with Crippen LogP contribution < -0.4 is 5.32 Å². The van der Waals surface area contributed by atoms with Crippen molar-refractivity contribution in [3.8, 4) is 0 Å². The molecule has 0 atom stereocenters. The Kier molecular flexibility index (Phi) is 10.4. The van der Waals surface area contributed by atoms with E-state index in [4.69, 9.17) is 0 Å². The second kappa shape index (κ2) is 10.4. The molecule has 0 saturated carbocycles. The lowest BCUT2D eigenvalue weighted by Crippen LogP contribution is -2.31. The highest BCUT2D eigenvalue weighted by molar-refractivity contribution is 4.56. The number of likely N-dealkylation sites (N-methyl/N-ethyl adjacent to an activating group) is 1. The molecule has 15 heavy (non-hydrogen) atoms. The highest BCUT2D eigenvalue weighted by Crippen LogP contribution is 1.99. The van der Waals surface area contributed by atoms with E-state index in [-0.39, 0.29) is 0 Å². The highest BCUT2D eigenvalue weighted by Gasteiger charge is 1.98. The summed E-state index contributed by atoms with van der Waals surface area (Å²) in [5, 5.41) is 3.48. The van der Waals surface area contributed by atoms with Crippen molar-refractivity contribution in [1.29, 1.82) is 0 Å². The van der Waals surface area contributed by atoms with Crippen LogP contribution in [0.3, 0.4) is 0 Å². The third-order valence-electron chi connectivity index (χ3n) is 2.62. The average Bonchev–Trinajstić information content (AvgIpc) is 2.19. The summed E-state index contributed by atoms with van der Waals surface area (Å²) in [5.41, 5.74) is 0. The van der Waals surface area contributed by atoms with Gasteiger partial charge >= 0.3 is 0 Å². The Morgan fingerprint density at radius 1 is 1.07 bits per heavy atom. The topological polar surface area (TPSA) is 15.3 Å². The first-order valence-electron chi connectivity index (χ1n) is 6.56. The third-order valence-corrected chi connectivity index (χ3v) is 2.62. The molecule has 92 valence electrons. The summed E-state index contributed by atoms with van der Waals surface area (Å²) >= 11 is 0. The second-order valence-corrected chi connectivity index (χ2v) is 4.96. The summed E-state index contributed by atoms with van der Waals surface area (Å²) in [6.45, 7) is 11.5. The fourth-order valence-electron chi connectivity index (χ4n) is 1.58. The summed E-state index contributed by atoms with van der Waals surface area (Å²) in [6.07, 6.45) is 5.47. The van der Waals surface area contributed by atoms with Crippen molar-refractivity contribution < 1.29 is 0 Å². The van der Waals surface area contributed by atoms with E-state index in [2.05, 4.69) is 38.0 Å². The Hall–Kier alpha value is -0.0800. The van der Waals surface area contributed by atoms with E-state index in [1.165, 1.54) is 38.8 Å². The van der Waals surface area contributed by atoms with Gasteiger partial charge in [-0.05, 0) is 32.5 Å². The van der Waals surface area contributed by atoms with Gasteiger partial charge in [-0.1, -0.05) is 40.0 Å². The first-order chi connectivity index (χ1) is 7.16. The minimum Gasteiger partial charge on any atom is -0.315 e. The Labute approximate surface area is 96.4 Å². The van der Waals surface area contributed by atoms with E-state index < -0.39 is 0 Å². The van der Waals surface area contributed by atoms with Crippen LogP contribution in [0.15, 0.2) is 0 Å². The standard InChI is InChI=1S/C13H30N2/c1-5-6-7-8-10-15(4)11-9-14-12-13(2)3/h13-14H,5-12H2,1-4H3. The molecular weight excluding hydrogens is 184 g/mol. The largest absolute Gasteiger partial charge is 0.315 e. The Morgan fingerprint density at radius 2 is 1.80 bits per heavy atom. The van der Waals surface area contributed by atoms with Gasteiger partial charge in [0.25, 0.3) is 0 Å². The first kappa shape index (κ1) is 14.9. The zero-order valence-corrected chi connectivity index (χ0v) is 11.2. The number of nitrogens with one attached hydrogen (secondary N) is 1. The van der Waals surface area contributed by atoms with Gasteiger partial charge in [-0.25, -0.2) is 0 Å². The van der Waals surface area contributed by atoms with Gasteiger partial charge in [0.2, 0.25) is 0 Å². The molecule has 0 heterocycles. The van der Waals surface area contributed by atoms with Gasteiger partial charge in [0.05, 0.1) is 0 Å². The zero-order chi connectivity index (χ0) is 11.5. The lowest BCUT2D eigenvalue weighted by atomic mass is 10.2. The minimum atomic E-state index is 0.764. The molecule has 0 bridgehead atoms. The predicted molar refractivity (Wildman–Crippen MR) is 69.3 cm³/mol. The van der Waals surface area contributed by atoms with Crippen LogP contribution >= 0.6 is 0 Å². The summed E-state index contributed by atoms with van der Waals surface area (Å²) in [6, 6.07) is 0. The lowest BCUT2D eigenvalue weighted by molar-refractivity contribution is 0.319. The molecule has 0 unspecified atom stereocenters. The number of unbranched alkanes of at least 4 members (excludes halogenated alkanes) is 3. The molecule has 0 saturated heterocycles.